The maximum atomic E-state index is 4.54. The molecular formula is C15H11N3. The molecule has 0 aliphatic carbocycles. The zero-order valence-electron chi connectivity index (χ0n) is 9.69. The topological polar surface area (TPSA) is 38.7 Å². The van der Waals surface area contributed by atoms with Crippen LogP contribution in [0.2, 0.25) is 0 Å². The first-order valence-electron chi connectivity index (χ1n) is 5.73. The van der Waals surface area contributed by atoms with Crippen LogP contribution in [0.1, 0.15) is 0 Å². The van der Waals surface area contributed by atoms with Crippen LogP contribution in [0.15, 0.2) is 67.0 Å². The number of nitrogens with zero attached hydrogens (tertiary/aromatic N) is 3. The Balaban J connectivity index is 2.05. The summed E-state index contributed by atoms with van der Waals surface area (Å²) in [7, 11) is 0. The molecule has 0 radical (unpaired) electrons. The number of rotatable bonds is 2. The molecule has 2 heterocycles. The zero-order chi connectivity index (χ0) is 12.2. The van der Waals surface area contributed by atoms with Crippen LogP contribution in [0.3, 0.4) is 0 Å². The van der Waals surface area contributed by atoms with E-state index in [1.165, 1.54) is 0 Å². The van der Waals surface area contributed by atoms with Gasteiger partial charge in [-0.1, -0.05) is 36.4 Å². The van der Waals surface area contributed by atoms with Crippen molar-refractivity contribution < 1.29 is 0 Å². The van der Waals surface area contributed by atoms with Crippen LogP contribution in [0.4, 0.5) is 0 Å². The molecule has 18 heavy (non-hydrogen) atoms. The normalized spacial score (nSPS) is 10.2. The lowest BCUT2D eigenvalue weighted by Gasteiger charge is -2.03. The highest BCUT2D eigenvalue weighted by Gasteiger charge is 2.04. The second-order valence-corrected chi connectivity index (χ2v) is 3.85. The van der Waals surface area contributed by atoms with Crippen molar-refractivity contribution in [3.05, 3.63) is 67.0 Å². The average Bonchev–Trinajstić information content (AvgIpc) is 2.49. The zero-order valence-corrected chi connectivity index (χ0v) is 9.69. The van der Waals surface area contributed by atoms with Crippen molar-refractivity contribution in [3.8, 4) is 22.8 Å². The first-order valence-corrected chi connectivity index (χ1v) is 5.73. The molecule has 0 saturated carbocycles. The van der Waals surface area contributed by atoms with Crippen LogP contribution >= 0.6 is 0 Å². The van der Waals surface area contributed by atoms with E-state index in [0.29, 0.717) is 0 Å². The van der Waals surface area contributed by atoms with E-state index in [4.69, 9.17) is 0 Å². The number of hydrogen-bond acceptors (Lipinski definition) is 3. The number of benzene rings is 1. The van der Waals surface area contributed by atoms with Gasteiger partial charge in [-0.3, -0.25) is 4.98 Å². The molecule has 0 aliphatic rings. The smallest absolute Gasteiger partial charge is 0.159 e. The fourth-order valence-corrected chi connectivity index (χ4v) is 1.74. The summed E-state index contributed by atoms with van der Waals surface area (Å²) in [5.74, 6) is 0.721. The molecule has 2 aromatic heterocycles. The van der Waals surface area contributed by atoms with Crippen LogP contribution in [-0.2, 0) is 0 Å². The van der Waals surface area contributed by atoms with E-state index in [0.717, 1.165) is 22.8 Å². The molecule has 0 bridgehead atoms. The van der Waals surface area contributed by atoms with Crippen molar-refractivity contribution in [1.29, 1.82) is 0 Å². The molecule has 0 saturated heterocycles. The van der Waals surface area contributed by atoms with Crippen molar-refractivity contribution in [2.24, 2.45) is 0 Å². The SMILES string of the molecule is c1ccc(-c2nccc(-c3ccccn3)n2)cc1. The largest absolute Gasteiger partial charge is 0.255 e. The van der Waals surface area contributed by atoms with Crippen LogP contribution in [0.25, 0.3) is 22.8 Å². The molecule has 0 N–H and O–H groups in total. The predicted octanol–water partition coefficient (Wildman–Crippen LogP) is 3.21. The van der Waals surface area contributed by atoms with E-state index in [1.807, 2.05) is 54.6 Å². The Kier molecular flexibility index (Phi) is 2.80. The minimum atomic E-state index is 0.721. The van der Waals surface area contributed by atoms with Gasteiger partial charge in [0.25, 0.3) is 0 Å². The minimum Gasteiger partial charge on any atom is -0.255 e. The molecule has 0 unspecified atom stereocenters. The summed E-state index contributed by atoms with van der Waals surface area (Å²) in [5.41, 5.74) is 2.71. The Morgan fingerprint density at radius 2 is 1.44 bits per heavy atom. The lowest BCUT2D eigenvalue weighted by Crippen LogP contribution is -1.92. The van der Waals surface area contributed by atoms with Crippen LogP contribution in [-0.4, -0.2) is 15.0 Å². The van der Waals surface area contributed by atoms with Gasteiger partial charge < -0.3 is 0 Å². The van der Waals surface area contributed by atoms with Crippen molar-refractivity contribution in [1.82, 2.24) is 15.0 Å². The fraction of sp³-hybridized carbons (Fsp3) is 0. The van der Waals surface area contributed by atoms with Gasteiger partial charge in [0.05, 0.1) is 11.4 Å². The highest BCUT2D eigenvalue weighted by molar-refractivity contribution is 5.60. The van der Waals surface area contributed by atoms with Gasteiger partial charge in [-0.15, -0.1) is 0 Å². The van der Waals surface area contributed by atoms with E-state index >= 15 is 0 Å². The van der Waals surface area contributed by atoms with Gasteiger partial charge in [0.1, 0.15) is 0 Å². The van der Waals surface area contributed by atoms with E-state index in [1.54, 1.807) is 12.4 Å². The molecule has 3 aromatic rings. The highest BCUT2D eigenvalue weighted by Crippen LogP contribution is 2.18. The Bertz CT molecular complexity index is 581. The van der Waals surface area contributed by atoms with Crippen LogP contribution in [0, 0.1) is 0 Å². The first-order chi connectivity index (χ1) is 8.93. The maximum Gasteiger partial charge on any atom is 0.159 e. The Morgan fingerprint density at radius 3 is 2.22 bits per heavy atom. The van der Waals surface area contributed by atoms with Gasteiger partial charge >= 0.3 is 0 Å². The van der Waals surface area contributed by atoms with Crippen LogP contribution < -0.4 is 0 Å². The highest BCUT2D eigenvalue weighted by atomic mass is 14.9. The van der Waals surface area contributed by atoms with Gasteiger partial charge in [0, 0.05) is 18.0 Å². The molecule has 0 spiro atoms. The summed E-state index contributed by atoms with van der Waals surface area (Å²) in [6, 6.07) is 17.6. The number of hydrogen-bond donors (Lipinski definition) is 0. The standard InChI is InChI=1S/C15H11N3/c1-2-6-12(7-3-1)15-17-11-9-14(18-15)13-8-4-5-10-16-13/h1-11H. The van der Waals surface area contributed by atoms with Gasteiger partial charge in [-0.2, -0.15) is 0 Å². The van der Waals surface area contributed by atoms with Gasteiger partial charge in [-0.25, -0.2) is 9.97 Å². The lowest BCUT2D eigenvalue weighted by molar-refractivity contribution is 1.16. The first kappa shape index (κ1) is 10.6. The molecule has 0 atom stereocenters. The average molecular weight is 233 g/mol. The Hall–Kier alpha value is -2.55. The molecule has 0 amide bonds. The minimum absolute atomic E-state index is 0.721. The van der Waals surface area contributed by atoms with Crippen molar-refractivity contribution in [2.75, 3.05) is 0 Å². The lowest BCUT2D eigenvalue weighted by atomic mass is 10.2. The third kappa shape index (κ3) is 2.11. The molecule has 86 valence electrons. The Labute approximate surface area is 105 Å². The number of pyridine rings is 1. The predicted molar refractivity (Wildman–Crippen MR) is 70.7 cm³/mol. The molecule has 0 fully saturated rings. The monoisotopic (exact) mass is 233 g/mol. The third-order valence-electron chi connectivity index (χ3n) is 2.61. The molecule has 3 rings (SSSR count). The quantitative estimate of drug-likeness (QED) is 0.682. The maximum absolute atomic E-state index is 4.54. The summed E-state index contributed by atoms with van der Waals surface area (Å²) in [5, 5.41) is 0. The van der Waals surface area contributed by atoms with Crippen molar-refractivity contribution in [3.63, 3.8) is 0 Å². The van der Waals surface area contributed by atoms with E-state index < -0.39 is 0 Å². The molecule has 0 aliphatic heterocycles. The second kappa shape index (κ2) is 4.75. The van der Waals surface area contributed by atoms with Gasteiger partial charge in [0.2, 0.25) is 0 Å². The summed E-state index contributed by atoms with van der Waals surface area (Å²) in [6.07, 6.45) is 3.53. The summed E-state index contributed by atoms with van der Waals surface area (Å²) in [4.78, 5) is 13.1. The van der Waals surface area contributed by atoms with Crippen molar-refractivity contribution >= 4 is 0 Å². The van der Waals surface area contributed by atoms with Gasteiger partial charge in [0.15, 0.2) is 5.82 Å². The summed E-state index contributed by atoms with van der Waals surface area (Å²) < 4.78 is 0. The summed E-state index contributed by atoms with van der Waals surface area (Å²) in [6.45, 7) is 0. The fourth-order valence-electron chi connectivity index (χ4n) is 1.74. The van der Waals surface area contributed by atoms with Gasteiger partial charge in [-0.05, 0) is 18.2 Å². The van der Waals surface area contributed by atoms with Crippen molar-refractivity contribution in [2.45, 2.75) is 0 Å². The second-order valence-electron chi connectivity index (χ2n) is 3.85. The summed E-state index contributed by atoms with van der Waals surface area (Å²) >= 11 is 0. The molecule has 3 nitrogen and oxygen atoms in total. The Morgan fingerprint density at radius 1 is 0.611 bits per heavy atom. The van der Waals surface area contributed by atoms with E-state index in [9.17, 15) is 0 Å². The van der Waals surface area contributed by atoms with Crippen LogP contribution in [0.5, 0.6) is 0 Å². The van der Waals surface area contributed by atoms with E-state index in [-0.39, 0.29) is 0 Å². The number of aromatic nitrogens is 3. The molecule has 3 heteroatoms. The molecule has 1 aromatic carbocycles. The van der Waals surface area contributed by atoms with E-state index in [2.05, 4.69) is 15.0 Å². The molecular weight excluding hydrogens is 222 g/mol. The third-order valence-corrected chi connectivity index (χ3v) is 2.61.